The molecule has 0 aliphatic heterocycles. The van der Waals surface area contributed by atoms with E-state index in [0.717, 1.165) is 11.7 Å². The van der Waals surface area contributed by atoms with Gasteiger partial charge in [-0.25, -0.2) is 0 Å². The Hall–Kier alpha value is -1.69. The van der Waals surface area contributed by atoms with Gasteiger partial charge in [0.2, 0.25) is 5.89 Å². The second-order valence-electron chi connectivity index (χ2n) is 5.73. The Kier molecular flexibility index (Phi) is 3.56. The molecule has 0 unspecified atom stereocenters. The molecule has 0 amide bonds. The molecule has 1 saturated carbocycles. The zero-order chi connectivity index (χ0) is 14.1. The van der Waals surface area contributed by atoms with Gasteiger partial charge in [0.05, 0.1) is 18.8 Å². The molecule has 2 aromatic rings. The number of hydrogen-bond donors (Lipinski definition) is 1. The second-order valence-corrected chi connectivity index (χ2v) is 5.73. The Morgan fingerprint density at radius 3 is 2.90 bits per heavy atom. The van der Waals surface area contributed by atoms with Crippen molar-refractivity contribution in [1.82, 2.24) is 25.2 Å². The zero-order valence-corrected chi connectivity index (χ0v) is 12.2. The summed E-state index contributed by atoms with van der Waals surface area (Å²) in [5, 5.41) is 11.8. The maximum atomic E-state index is 5.25. The molecule has 0 spiro atoms. The lowest BCUT2D eigenvalue weighted by molar-refractivity contribution is 0.350. The SMILES string of the molecule is Cc1cnn([C@@H](C)[C@H](C)NCc2noc(C3CC3)n2)c1. The van der Waals surface area contributed by atoms with Gasteiger partial charge < -0.3 is 9.84 Å². The van der Waals surface area contributed by atoms with Crippen LogP contribution in [0.4, 0.5) is 0 Å². The Balaban J connectivity index is 1.53. The van der Waals surface area contributed by atoms with Crippen LogP contribution in [-0.2, 0) is 6.54 Å². The van der Waals surface area contributed by atoms with E-state index in [9.17, 15) is 0 Å². The summed E-state index contributed by atoms with van der Waals surface area (Å²) < 4.78 is 7.24. The summed E-state index contributed by atoms with van der Waals surface area (Å²) in [5.74, 6) is 2.05. The number of hydrogen-bond acceptors (Lipinski definition) is 5. The number of nitrogens with zero attached hydrogens (tertiary/aromatic N) is 4. The van der Waals surface area contributed by atoms with Crippen LogP contribution >= 0.6 is 0 Å². The molecule has 20 heavy (non-hydrogen) atoms. The Labute approximate surface area is 118 Å². The first-order chi connectivity index (χ1) is 9.63. The lowest BCUT2D eigenvalue weighted by atomic mass is 10.2. The van der Waals surface area contributed by atoms with Gasteiger partial charge in [-0.2, -0.15) is 10.1 Å². The molecule has 2 heterocycles. The fourth-order valence-corrected chi connectivity index (χ4v) is 2.14. The van der Waals surface area contributed by atoms with Crippen LogP contribution in [0.5, 0.6) is 0 Å². The summed E-state index contributed by atoms with van der Waals surface area (Å²) in [6.07, 6.45) is 6.30. The first-order valence-electron chi connectivity index (χ1n) is 7.20. The van der Waals surface area contributed by atoms with Crippen LogP contribution in [-0.4, -0.2) is 26.0 Å². The van der Waals surface area contributed by atoms with Crippen molar-refractivity contribution in [2.45, 2.75) is 58.2 Å². The monoisotopic (exact) mass is 275 g/mol. The lowest BCUT2D eigenvalue weighted by Crippen LogP contribution is -2.33. The van der Waals surface area contributed by atoms with Gasteiger partial charge in [-0.1, -0.05) is 5.16 Å². The fourth-order valence-electron chi connectivity index (χ4n) is 2.14. The van der Waals surface area contributed by atoms with Crippen molar-refractivity contribution in [3.05, 3.63) is 29.7 Å². The average molecular weight is 275 g/mol. The highest BCUT2D eigenvalue weighted by molar-refractivity contribution is 5.02. The highest BCUT2D eigenvalue weighted by atomic mass is 16.5. The van der Waals surface area contributed by atoms with Gasteiger partial charge in [0, 0.05) is 18.2 Å². The van der Waals surface area contributed by atoms with E-state index in [1.54, 1.807) is 0 Å². The second kappa shape index (κ2) is 5.36. The van der Waals surface area contributed by atoms with E-state index in [4.69, 9.17) is 4.52 Å². The summed E-state index contributed by atoms with van der Waals surface area (Å²) in [6.45, 7) is 6.97. The molecule has 1 fully saturated rings. The zero-order valence-electron chi connectivity index (χ0n) is 12.2. The summed E-state index contributed by atoms with van der Waals surface area (Å²) in [5.41, 5.74) is 1.18. The van der Waals surface area contributed by atoms with Crippen molar-refractivity contribution in [3.63, 3.8) is 0 Å². The molecular weight excluding hydrogens is 254 g/mol. The molecule has 6 heteroatoms. The molecule has 1 aliphatic carbocycles. The van der Waals surface area contributed by atoms with Gasteiger partial charge in [-0.05, 0) is 39.2 Å². The summed E-state index contributed by atoms with van der Waals surface area (Å²) in [4.78, 5) is 4.42. The van der Waals surface area contributed by atoms with Gasteiger partial charge in [0.15, 0.2) is 5.82 Å². The van der Waals surface area contributed by atoms with Crippen LogP contribution < -0.4 is 5.32 Å². The maximum absolute atomic E-state index is 5.25. The third-order valence-electron chi connectivity index (χ3n) is 3.86. The average Bonchev–Trinajstić information content (AvgIpc) is 3.03. The first-order valence-corrected chi connectivity index (χ1v) is 7.20. The van der Waals surface area contributed by atoms with Gasteiger partial charge in [0.1, 0.15) is 0 Å². The van der Waals surface area contributed by atoms with Crippen LogP contribution in [0.1, 0.15) is 55.9 Å². The van der Waals surface area contributed by atoms with Crippen LogP contribution in [0.2, 0.25) is 0 Å². The van der Waals surface area contributed by atoms with E-state index in [-0.39, 0.29) is 12.1 Å². The predicted octanol–water partition coefficient (Wildman–Crippen LogP) is 2.19. The van der Waals surface area contributed by atoms with Crippen molar-refractivity contribution in [2.75, 3.05) is 0 Å². The largest absolute Gasteiger partial charge is 0.339 e. The normalized spacial score (nSPS) is 18.1. The number of nitrogens with one attached hydrogen (secondary N) is 1. The summed E-state index contributed by atoms with van der Waals surface area (Å²) in [7, 11) is 0. The van der Waals surface area contributed by atoms with Crippen LogP contribution in [0.25, 0.3) is 0 Å². The molecule has 108 valence electrons. The molecule has 0 aromatic carbocycles. The van der Waals surface area contributed by atoms with E-state index >= 15 is 0 Å². The molecule has 0 saturated heterocycles. The smallest absolute Gasteiger partial charge is 0.229 e. The van der Waals surface area contributed by atoms with Crippen LogP contribution in [0, 0.1) is 6.92 Å². The molecule has 3 rings (SSSR count). The predicted molar refractivity (Wildman–Crippen MR) is 74.2 cm³/mol. The lowest BCUT2D eigenvalue weighted by Gasteiger charge is -2.21. The van der Waals surface area contributed by atoms with Crippen molar-refractivity contribution < 1.29 is 4.52 Å². The van der Waals surface area contributed by atoms with Crippen molar-refractivity contribution in [1.29, 1.82) is 0 Å². The Morgan fingerprint density at radius 2 is 2.25 bits per heavy atom. The topological polar surface area (TPSA) is 68.8 Å². The van der Waals surface area contributed by atoms with Crippen LogP contribution in [0.3, 0.4) is 0 Å². The standard InChI is InChI=1S/C14H21N5O/c1-9-6-16-19(8-9)11(3)10(2)15-7-13-17-14(20-18-13)12-4-5-12/h6,8,10-12,15H,4-5,7H2,1-3H3/t10-,11-/m0/s1. The number of rotatable bonds is 6. The number of aromatic nitrogens is 4. The minimum atomic E-state index is 0.275. The Bertz CT molecular complexity index is 572. The molecule has 2 aromatic heterocycles. The molecule has 1 N–H and O–H groups in total. The number of aryl methyl sites for hydroxylation is 1. The highest BCUT2D eigenvalue weighted by Crippen LogP contribution is 2.38. The molecule has 6 nitrogen and oxygen atoms in total. The minimum Gasteiger partial charge on any atom is -0.339 e. The van der Waals surface area contributed by atoms with Crippen molar-refractivity contribution in [3.8, 4) is 0 Å². The molecule has 2 atom stereocenters. The fraction of sp³-hybridized carbons (Fsp3) is 0.643. The van der Waals surface area contributed by atoms with E-state index in [2.05, 4.69) is 40.6 Å². The maximum Gasteiger partial charge on any atom is 0.229 e. The van der Waals surface area contributed by atoms with Gasteiger partial charge in [-0.15, -0.1) is 0 Å². The van der Waals surface area contributed by atoms with Gasteiger partial charge in [0.25, 0.3) is 0 Å². The highest BCUT2D eigenvalue weighted by Gasteiger charge is 2.29. The van der Waals surface area contributed by atoms with E-state index < -0.39 is 0 Å². The van der Waals surface area contributed by atoms with Crippen LogP contribution in [0.15, 0.2) is 16.9 Å². The van der Waals surface area contributed by atoms with Crippen molar-refractivity contribution >= 4 is 0 Å². The van der Waals surface area contributed by atoms with E-state index in [0.29, 0.717) is 12.5 Å². The minimum absolute atomic E-state index is 0.275. The van der Waals surface area contributed by atoms with Gasteiger partial charge >= 0.3 is 0 Å². The third kappa shape index (κ3) is 2.90. The first kappa shape index (κ1) is 13.3. The summed E-state index contributed by atoms with van der Waals surface area (Å²) in [6, 6.07) is 0.552. The Morgan fingerprint density at radius 1 is 1.45 bits per heavy atom. The summed E-state index contributed by atoms with van der Waals surface area (Å²) >= 11 is 0. The molecular formula is C14H21N5O. The van der Waals surface area contributed by atoms with Crippen molar-refractivity contribution in [2.24, 2.45) is 0 Å². The van der Waals surface area contributed by atoms with E-state index in [1.807, 2.05) is 17.8 Å². The molecule has 0 bridgehead atoms. The molecule has 1 aliphatic rings. The third-order valence-corrected chi connectivity index (χ3v) is 3.86. The van der Waals surface area contributed by atoms with Gasteiger partial charge in [-0.3, -0.25) is 4.68 Å². The quantitative estimate of drug-likeness (QED) is 0.875. The molecule has 0 radical (unpaired) electrons. The van der Waals surface area contributed by atoms with E-state index in [1.165, 1.54) is 18.4 Å².